The van der Waals surface area contributed by atoms with E-state index >= 15 is 0 Å². The number of carbonyl (C=O) groups excluding carboxylic acids is 1. The number of hydrogen-bond acceptors (Lipinski definition) is 3. The fourth-order valence-electron chi connectivity index (χ4n) is 3.32. The van der Waals surface area contributed by atoms with Crippen molar-refractivity contribution in [2.45, 2.75) is 38.6 Å². The van der Waals surface area contributed by atoms with Crippen molar-refractivity contribution in [3.05, 3.63) is 53.7 Å². The Morgan fingerprint density at radius 2 is 1.83 bits per heavy atom. The van der Waals surface area contributed by atoms with Gasteiger partial charge >= 0.3 is 0 Å². The van der Waals surface area contributed by atoms with Crippen LogP contribution in [0.15, 0.2) is 42.5 Å². The molecule has 0 spiro atoms. The average Bonchev–Trinajstić information content (AvgIpc) is 2.63. The molecule has 126 valence electrons. The Balaban J connectivity index is 1.67. The van der Waals surface area contributed by atoms with E-state index in [0.717, 1.165) is 42.6 Å². The van der Waals surface area contributed by atoms with Crippen LogP contribution in [0.5, 0.6) is 0 Å². The second-order valence-corrected chi connectivity index (χ2v) is 6.57. The van der Waals surface area contributed by atoms with Crippen molar-refractivity contribution in [1.82, 2.24) is 10.3 Å². The summed E-state index contributed by atoms with van der Waals surface area (Å²) in [5, 5.41) is 12.3. The Hall–Kier alpha value is -2.20. The van der Waals surface area contributed by atoms with Gasteiger partial charge in [0, 0.05) is 18.2 Å². The van der Waals surface area contributed by atoms with E-state index in [-0.39, 0.29) is 18.6 Å². The Kier molecular flexibility index (Phi) is 5.26. The van der Waals surface area contributed by atoms with Gasteiger partial charge in [0.05, 0.1) is 17.0 Å². The highest BCUT2D eigenvalue weighted by Crippen LogP contribution is 2.24. The molecule has 0 aliphatic heterocycles. The Morgan fingerprint density at radius 1 is 1.12 bits per heavy atom. The first kappa shape index (κ1) is 16.7. The van der Waals surface area contributed by atoms with Gasteiger partial charge < -0.3 is 10.4 Å². The zero-order valence-electron chi connectivity index (χ0n) is 14.0. The van der Waals surface area contributed by atoms with E-state index in [9.17, 15) is 9.90 Å². The Labute approximate surface area is 142 Å². The third-order valence-electron chi connectivity index (χ3n) is 4.84. The number of pyridine rings is 1. The van der Waals surface area contributed by atoms with E-state index < -0.39 is 0 Å². The first-order chi connectivity index (χ1) is 11.7. The number of carbonyl (C=O) groups is 1. The molecule has 2 N–H and O–H groups in total. The molecular formula is C20H24N2O2. The fourth-order valence-corrected chi connectivity index (χ4v) is 3.32. The van der Waals surface area contributed by atoms with Gasteiger partial charge in [0.1, 0.15) is 0 Å². The van der Waals surface area contributed by atoms with Crippen LogP contribution in [-0.4, -0.2) is 28.6 Å². The maximum absolute atomic E-state index is 12.5. The number of nitrogens with zero attached hydrogens (tertiary/aromatic N) is 1. The van der Waals surface area contributed by atoms with Crippen molar-refractivity contribution in [2.24, 2.45) is 5.92 Å². The molecule has 1 aromatic carbocycles. The van der Waals surface area contributed by atoms with Crippen LogP contribution in [-0.2, 0) is 0 Å². The lowest BCUT2D eigenvalue weighted by atomic mass is 9.86. The zero-order chi connectivity index (χ0) is 16.9. The second-order valence-electron chi connectivity index (χ2n) is 6.57. The standard InChI is InChI=1S/C20H24N2O2/c1-14-18(11-12-19(21-14)16-5-3-2-4-6-16)20(24)22-17-9-7-15(13-23)8-10-17/h2-6,11-12,15,17,23H,7-10,13H2,1H3,(H,22,24). The minimum atomic E-state index is -0.0490. The largest absolute Gasteiger partial charge is 0.396 e. The molecule has 3 rings (SSSR count). The molecule has 0 radical (unpaired) electrons. The van der Waals surface area contributed by atoms with E-state index in [1.807, 2.05) is 49.4 Å². The molecule has 1 amide bonds. The van der Waals surface area contributed by atoms with Crippen molar-refractivity contribution in [3.63, 3.8) is 0 Å². The molecule has 0 unspecified atom stereocenters. The van der Waals surface area contributed by atoms with Gasteiger partial charge in [0.15, 0.2) is 0 Å². The third kappa shape index (κ3) is 3.82. The first-order valence-electron chi connectivity index (χ1n) is 8.62. The molecule has 1 aromatic heterocycles. The molecule has 1 saturated carbocycles. The van der Waals surface area contributed by atoms with E-state index in [1.165, 1.54) is 0 Å². The predicted molar refractivity (Wildman–Crippen MR) is 94.7 cm³/mol. The normalized spacial score (nSPS) is 20.6. The maximum atomic E-state index is 12.5. The summed E-state index contributed by atoms with van der Waals surface area (Å²) in [7, 11) is 0. The third-order valence-corrected chi connectivity index (χ3v) is 4.84. The molecule has 1 aliphatic rings. The van der Waals surface area contributed by atoms with Crippen molar-refractivity contribution < 1.29 is 9.90 Å². The van der Waals surface area contributed by atoms with Gasteiger partial charge in [0.25, 0.3) is 5.91 Å². The lowest BCUT2D eigenvalue weighted by molar-refractivity contribution is 0.0913. The predicted octanol–water partition coefficient (Wildman–Crippen LogP) is 3.34. The number of amides is 1. The van der Waals surface area contributed by atoms with Crippen LogP contribution in [0.25, 0.3) is 11.3 Å². The number of aliphatic hydroxyl groups excluding tert-OH is 1. The summed E-state index contributed by atoms with van der Waals surface area (Å²) in [5.41, 5.74) is 3.32. The number of hydrogen-bond donors (Lipinski definition) is 2. The molecule has 0 bridgehead atoms. The van der Waals surface area contributed by atoms with Crippen LogP contribution in [0, 0.1) is 12.8 Å². The number of aromatic nitrogens is 1. The lowest BCUT2D eigenvalue weighted by Crippen LogP contribution is -2.38. The van der Waals surface area contributed by atoms with Crippen LogP contribution >= 0.6 is 0 Å². The Bertz CT molecular complexity index is 692. The van der Waals surface area contributed by atoms with Crippen molar-refractivity contribution in [3.8, 4) is 11.3 Å². The quantitative estimate of drug-likeness (QED) is 0.907. The molecular weight excluding hydrogens is 300 g/mol. The van der Waals surface area contributed by atoms with Crippen molar-refractivity contribution >= 4 is 5.91 Å². The molecule has 1 heterocycles. The summed E-state index contributed by atoms with van der Waals surface area (Å²) in [6.45, 7) is 2.13. The summed E-state index contributed by atoms with van der Waals surface area (Å²) in [5.74, 6) is 0.346. The van der Waals surface area contributed by atoms with Crippen LogP contribution < -0.4 is 5.32 Å². The van der Waals surface area contributed by atoms with Crippen LogP contribution in [0.4, 0.5) is 0 Å². The van der Waals surface area contributed by atoms with E-state index in [4.69, 9.17) is 0 Å². The number of rotatable bonds is 4. The highest BCUT2D eigenvalue weighted by molar-refractivity contribution is 5.95. The molecule has 24 heavy (non-hydrogen) atoms. The number of aliphatic hydroxyl groups is 1. The van der Waals surface area contributed by atoms with Gasteiger partial charge in [-0.2, -0.15) is 0 Å². The highest BCUT2D eigenvalue weighted by atomic mass is 16.3. The van der Waals surface area contributed by atoms with Gasteiger partial charge in [0.2, 0.25) is 0 Å². The van der Waals surface area contributed by atoms with Crippen molar-refractivity contribution in [2.75, 3.05) is 6.61 Å². The second kappa shape index (κ2) is 7.58. The van der Waals surface area contributed by atoms with Gasteiger partial charge in [-0.1, -0.05) is 30.3 Å². The van der Waals surface area contributed by atoms with Gasteiger partial charge in [-0.25, -0.2) is 0 Å². The summed E-state index contributed by atoms with van der Waals surface area (Å²) in [6.07, 6.45) is 3.83. The highest BCUT2D eigenvalue weighted by Gasteiger charge is 2.23. The number of nitrogens with one attached hydrogen (secondary N) is 1. The van der Waals surface area contributed by atoms with Gasteiger partial charge in [-0.3, -0.25) is 9.78 Å². The topological polar surface area (TPSA) is 62.2 Å². The molecule has 4 heteroatoms. The SMILES string of the molecule is Cc1nc(-c2ccccc2)ccc1C(=O)NC1CCC(CO)CC1. The smallest absolute Gasteiger partial charge is 0.253 e. The Morgan fingerprint density at radius 3 is 2.46 bits per heavy atom. The van der Waals surface area contributed by atoms with Crippen molar-refractivity contribution in [1.29, 1.82) is 0 Å². The first-order valence-corrected chi connectivity index (χ1v) is 8.62. The number of aryl methyl sites for hydroxylation is 1. The van der Waals surface area contributed by atoms with Crippen LogP contribution in [0.2, 0.25) is 0 Å². The maximum Gasteiger partial charge on any atom is 0.253 e. The fraction of sp³-hybridized carbons (Fsp3) is 0.400. The summed E-state index contributed by atoms with van der Waals surface area (Å²) in [6, 6.07) is 13.9. The zero-order valence-corrected chi connectivity index (χ0v) is 14.0. The minimum Gasteiger partial charge on any atom is -0.396 e. The monoisotopic (exact) mass is 324 g/mol. The van der Waals surface area contributed by atoms with E-state index in [1.54, 1.807) is 0 Å². The van der Waals surface area contributed by atoms with E-state index in [0.29, 0.717) is 11.5 Å². The summed E-state index contributed by atoms with van der Waals surface area (Å²) < 4.78 is 0. The van der Waals surface area contributed by atoms with Crippen LogP contribution in [0.1, 0.15) is 41.7 Å². The minimum absolute atomic E-state index is 0.0490. The summed E-state index contributed by atoms with van der Waals surface area (Å²) in [4.78, 5) is 17.1. The summed E-state index contributed by atoms with van der Waals surface area (Å²) >= 11 is 0. The average molecular weight is 324 g/mol. The van der Waals surface area contributed by atoms with E-state index in [2.05, 4.69) is 10.3 Å². The van der Waals surface area contributed by atoms with Gasteiger partial charge in [-0.05, 0) is 50.7 Å². The molecule has 0 saturated heterocycles. The number of benzene rings is 1. The molecule has 4 nitrogen and oxygen atoms in total. The molecule has 2 aromatic rings. The molecule has 1 fully saturated rings. The van der Waals surface area contributed by atoms with Crippen LogP contribution in [0.3, 0.4) is 0 Å². The molecule has 0 atom stereocenters. The molecule has 1 aliphatic carbocycles. The van der Waals surface area contributed by atoms with Gasteiger partial charge in [-0.15, -0.1) is 0 Å². The lowest BCUT2D eigenvalue weighted by Gasteiger charge is -2.28.